The van der Waals surface area contributed by atoms with Gasteiger partial charge in [-0.3, -0.25) is 9.59 Å². The summed E-state index contributed by atoms with van der Waals surface area (Å²) in [7, 11) is 0. The highest BCUT2D eigenvalue weighted by Gasteiger charge is 2.39. The van der Waals surface area contributed by atoms with Crippen LogP contribution in [-0.4, -0.2) is 39.6 Å². The number of benzene rings is 1. The van der Waals surface area contributed by atoms with Crippen LogP contribution in [0.15, 0.2) is 22.8 Å². The summed E-state index contributed by atoms with van der Waals surface area (Å²) in [5.74, 6) is -1.48. The first kappa shape index (κ1) is 15.3. The highest BCUT2D eigenvalue weighted by atomic mass is 16.3. The van der Waals surface area contributed by atoms with Gasteiger partial charge in [0.1, 0.15) is 5.76 Å². The average molecular weight is 328 g/mol. The van der Waals surface area contributed by atoms with Gasteiger partial charge in [0.2, 0.25) is 11.6 Å². The van der Waals surface area contributed by atoms with Crippen LogP contribution >= 0.6 is 0 Å². The first-order valence-corrected chi connectivity index (χ1v) is 7.83. The molecule has 1 aromatic carbocycles. The largest absolute Gasteiger partial charge is 0.463 e. The lowest BCUT2D eigenvalue weighted by atomic mass is 9.74. The van der Waals surface area contributed by atoms with Crippen LogP contribution in [0.25, 0.3) is 11.3 Å². The van der Waals surface area contributed by atoms with E-state index in [9.17, 15) is 24.9 Å². The van der Waals surface area contributed by atoms with E-state index in [1.54, 1.807) is 12.1 Å². The van der Waals surface area contributed by atoms with E-state index in [1.165, 1.54) is 6.26 Å². The number of carbonyl (C=O) groups is 2. The van der Waals surface area contributed by atoms with Crippen molar-refractivity contribution in [1.29, 1.82) is 0 Å². The monoisotopic (exact) mass is 328 g/mol. The van der Waals surface area contributed by atoms with Crippen molar-refractivity contribution in [2.75, 3.05) is 6.61 Å². The van der Waals surface area contributed by atoms with Gasteiger partial charge >= 0.3 is 0 Å². The zero-order valence-electron chi connectivity index (χ0n) is 12.8. The van der Waals surface area contributed by atoms with Crippen molar-refractivity contribution < 1.29 is 29.3 Å². The molecule has 2 atom stereocenters. The van der Waals surface area contributed by atoms with Gasteiger partial charge in [-0.15, -0.1) is 0 Å². The molecule has 4 rings (SSSR count). The number of aliphatic hydroxyl groups is 3. The molecule has 0 bridgehead atoms. The second-order valence-corrected chi connectivity index (χ2v) is 6.23. The molecule has 0 saturated carbocycles. The van der Waals surface area contributed by atoms with Crippen LogP contribution in [0.4, 0.5) is 0 Å². The number of hydrogen-bond donors (Lipinski definition) is 3. The molecule has 1 aromatic heterocycles. The number of furan rings is 1. The summed E-state index contributed by atoms with van der Waals surface area (Å²) in [6, 6.07) is 3.45. The van der Waals surface area contributed by atoms with Gasteiger partial charge in [0, 0.05) is 22.6 Å². The van der Waals surface area contributed by atoms with Crippen LogP contribution < -0.4 is 0 Å². The highest BCUT2D eigenvalue weighted by molar-refractivity contribution is 6.53. The maximum Gasteiger partial charge on any atom is 0.237 e. The molecule has 0 amide bonds. The first-order valence-electron chi connectivity index (χ1n) is 7.83. The minimum Gasteiger partial charge on any atom is -0.463 e. The molecule has 6 heteroatoms. The van der Waals surface area contributed by atoms with Crippen molar-refractivity contribution in [2.24, 2.45) is 0 Å². The van der Waals surface area contributed by atoms with Crippen LogP contribution in [-0.2, 0) is 13.0 Å². The number of hydrogen-bond acceptors (Lipinski definition) is 6. The van der Waals surface area contributed by atoms with Crippen molar-refractivity contribution in [2.45, 2.75) is 31.5 Å². The van der Waals surface area contributed by atoms with Gasteiger partial charge in [-0.1, -0.05) is 12.1 Å². The predicted octanol–water partition coefficient (Wildman–Crippen LogP) is 1.20. The SMILES string of the molecule is O=C1C(=O)c2c(ccc3c2CCC(O)C3CO)-c2occ(CO)c21. The highest BCUT2D eigenvalue weighted by Crippen LogP contribution is 2.43. The topological polar surface area (TPSA) is 108 Å². The molecule has 124 valence electrons. The van der Waals surface area contributed by atoms with Crippen LogP contribution in [0, 0.1) is 0 Å². The summed E-state index contributed by atoms with van der Waals surface area (Å²) in [6.45, 7) is -0.605. The maximum absolute atomic E-state index is 12.7. The molecular weight excluding hydrogens is 312 g/mol. The van der Waals surface area contributed by atoms with Crippen molar-refractivity contribution in [3.8, 4) is 11.3 Å². The lowest BCUT2D eigenvalue weighted by molar-refractivity contribution is 0.0806. The van der Waals surface area contributed by atoms with E-state index in [0.29, 0.717) is 46.4 Å². The Morgan fingerprint density at radius 2 is 1.88 bits per heavy atom. The number of Topliss-reactive ketones (excluding diaryl/α,β-unsaturated/α-hetero) is 2. The Morgan fingerprint density at radius 3 is 2.58 bits per heavy atom. The first-order chi connectivity index (χ1) is 11.6. The molecule has 3 N–H and O–H groups in total. The third-order valence-corrected chi connectivity index (χ3v) is 5.04. The van der Waals surface area contributed by atoms with Crippen LogP contribution in [0.5, 0.6) is 0 Å². The zero-order valence-corrected chi connectivity index (χ0v) is 12.8. The molecule has 0 spiro atoms. The molecule has 2 aliphatic rings. The van der Waals surface area contributed by atoms with Gasteiger partial charge in [0.15, 0.2) is 0 Å². The Labute approximate surface area is 137 Å². The van der Waals surface area contributed by atoms with Gasteiger partial charge < -0.3 is 19.7 Å². The predicted molar refractivity (Wildman–Crippen MR) is 82.9 cm³/mol. The number of fused-ring (bicyclic) bond motifs is 5. The lowest BCUT2D eigenvalue weighted by Crippen LogP contribution is -2.31. The summed E-state index contributed by atoms with van der Waals surface area (Å²) in [5, 5.41) is 29.0. The normalized spacial score (nSPS) is 22.1. The summed E-state index contributed by atoms with van der Waals surface area (Å²) in [4.78, 5) is 25.2. The molecule has 0 aliphatic heterocycles. The molecule has 0 radical (unpaired) electrons. The number of rotatable bonds is 2. The van der Waals surface area contributed by atoms with E-state index < -0.39 is 23.6 Å². The number of carbonyl (C=O) groups excluding carboxylic acids is 2. The lowest BCUT2D eigenvalue weighted by Gasteiger charge is -2.31. The summed E-state index contributed by atoms with van der Waals surface area (Å²) in [6.07, 6.45) is 1.50. The summed E-state index contributed by atoms with van der Waals surface area (Å²) < 4.78 is 5.46. The summed E-state index contributed by atoms with van der Waals surface area (Å²) >= 11 is 0. The molecule has 2 aliphatic carbocycles. The maximum atomic E-state index is 12.7. The molecule has 1 heterocycles. The Balaban J connectivity index is 1.99. The molecular formula is C18H16O6. The van der Waals surface area contributed by atoms with Crippen molar-refractivity contribution in [3.05, 3.63) is 46.2 Å². The quantitative estimate of drug-likeness (QED) is 0.715. The van der Waals surface area contributed by atoms with Crippen molar-refractivity contribution in [1.82, 2.24) is 0 Å². The standard InChI is InChI=1S/C18H16O6/c19-5-8-7-24-18-11-2-1-9-10(3-4-13(21)12(9)6-20)15(11)17(23)16(22)14(8)18/h1-2,7,12-13,19-21H,3-6H2. The fraction of sp³-hybridized carbons (Fsp3) is 0.333. The third-order valence-electron chi connectivity index (χ3n) is 5.04. The molecule has 0 fully saturated rings. The van der Waals surface area contributed by atoms with Crippen molar-refractivity contribution in [3.63, 3.8) is 0 Å². The Kier molecular flexibility index (Phi) is 3.42. The van der Waals surface area contributed by atoms with Gasteiger partial charge in [-0.2, -0.15) is 0 Å². The number of aliphatic hydroxyl groups excluding tert-OH is 3. The minimum atomic E-state index is -0.685. The molecule has 2 unspecified atom stereocenters. The molecule has 24 heavy (non-hydrogen) atoms. The van der Waals surface area contributed by atoms with Gasteiger partial charge in [0.25, 0.3) is 0 Å². The van der Waals surface area contributed by atoms with Gasteiger partial charge in [-0.25, -0.2) is 0 Å². The fourth-order valence-corrected chi connectivity index (χ4v) is 3.83. The zero-order chi connectivity index (χ0) is 17.0. The van der Waals surface area contributed by atoms with Gasteiger partial charge in [-0.05, 0) is 24.0 Å². The minimum absolute atomic E-state index is 0.129. The van der Waals surface area contributed by atoms with Crippen LogP contribution in [0.3, 0.4) is 0 Å². The molecule has 0 saturated heterocycles. The second-order valence-electron chi connectivity index (χ2n) is 6.23. The Bertz CT molecular complexity index is 863. The van der Waals surface area contributed by atoms with E-state index in [-0.39, 0.29) is 18.8 Å². The van der Waals surface area contributed by atoms with E-state index >= 15 is 0 Å². The Hall–Kier alpha value is -2.28. The van der Waals surface area contributed by atoms with Crippen molar-refractivity contribution >= 4 is 11.6 Å². The van der Waals surface area contributed by atoms with E-state index in [1.807, 2.05) is 0 Å². The van der Waals surface area contributed by atoms with Gasteiger partial charge in [0.05, 0.1) is 31.1 Å². The average Bonchev–Trinajstić information content (AvgIpc) is 3.03. The summed E-state index contributed by atoms with van der Waals surface area (Å²) in [5.41, 5.74) is 2.66. The van der Waals surface area contributed by atoms with E-state index in [0.717, 1.165) is 0 Å². The van der Waals surface area contributed by atoms with E-state index in [2.05, 4.69) is 0 Å². The third kappa shape index (κ3) is 1.87. The Morgan fingerprint density at radius 1 is 1.12 bits per heavy atom. The number of ketones is 2. The van der Waals surface area contributed by atoms with Crippen LogP contribution in [0.1, 0.15) is 49.7 Å². The molecule has 6 nitrogen and oxygen atoms in total. The van der Waals surface area contributed by atoms with E-state index in [4.69, 9.17) is 4.42 Å². The van der Waals surface area contributed by atoms with Crippen LogP contribution in [0.2, 0.25) is 0 Å². The second kappa shape index (κ2) is 5.37. The fourth-order valence-electron chi connectivity index (χ4n) is 3.83. The molecule has 2 aromatic rings. The smallest absolute Gasteiger partial charge is 0.237 e.